The molecule has 0 bridgehead atoms. The Labute approximate surface area is 256 Å². The summed E-state index contributed by atoms with van der Waals surface area (Å²) in [5.74, 6) is -5.51. The number of carbonyl (C=O) groups excluding carboxylic acids is 1. The van der Waals surface area contributed by atoms with Crippen LogP contribution in [0.25, 0.3) is 5.52 Å². The molecule has 1 fully saturated rings. The number of alkyl halides is 6. The topological polar surface area (TPSA) is 162 Å². The van der Waals surface area contributed by atoms with E-state index in [0.717, 1.165) is 47.4 Å². The predicted molar refractivity (Wildman–Crippen MR) is 149 cm³/mol. The van der Waals surface area contributed by atoms with Gasteiger partial charge < -0.3 is 25.7 Å². The van der Waals surface area contributed by atoms with E-state index in [4.69, 9.17) is 19.8 Å². The lowest BCUT2D eigenvalue weighted by atomic mass is 10.1. The average molecular weight is 656 g/mol. The first kappa shape index (κ1) is 35.1. The lowest BCUT2D eigenvalue weighted by Gasteiger charge is -2.23. The molecule has 1 unspecified atom stereocenters. The van der Waals surface area contributed by atoms with Crippen LogP contribution in [-0.2, 0) is 22.7 Å². The van der Waals surface area contributed by atoms with Crippen LogP contribution in [0, 0.1) is 0 Å². The van der Waals surface area contributed by atoms with Gasteiger partial charge in [0.2, 0.25) is 0 Å². The van der Waals surface area contributed by atoms with E-state index in [1.807, 2.05) is 71.9 Å². The number of likely N-dealkylation sites (tertiary alicyclic amines) is 1. The first-order chi connectivity index (χ1) is 21.7. The van der Waals surface area contributed by atoms with Gasteiger partial charge in [0.1, 0.15) is 5.69 Å². The maximum atomic E-state index is 12.9. The third kappa shape index (κ3) is 10.3. The van der Waals surface area contributed by atoms with Crippen molar-refractivity contribution in [2.24, 2.45) is 0 Å². The number of halogens is 6. The van der Waals surface area contributed by atoms with E-state index in [2.05, 4.69) is 25.9 Å². The fraction of sp³-hybridized carbons (Fsp3) is 0.286. The van der Waals surface area contributed by atoms with Crippen molar-refractivity contribution in [2.75, 3.05) is 11.9 Å². The Morgan fingerprint density at radius 1 is 0.870 bits per heavy atom. The number of fused-ring (bicyclic) bond motifs is 1. The van der Waals surface area contributed by atoms with Crippen molar-refractivity contribution in [2.45, 2.75) is 44.3 Å². The van der Waals surface area contributed by atoms with Crippen molar-refractivity contribution < 1.29 is 50.9 Å². The molecule has 46 heavy (non-hydrogen) atoms. The molecule has 1 aliphatic heterocycles. The number of carboxylic acids is 2. The summed E-state index contributed by atoms with van der Waals surface area (Å²) < 4.78 is 65.2. The van der Waals surface area contributed by atoms with Crippen molar-refractivity contribution in [1.82, 2.24) is 30.0 Å². The number of amides is 2. The molecule has 0 saturated carbocycles. The Balaban J connectivity index is 0.000000345. The van der Waals surface area contributed by atoms with Crippen LogP contribution in [0.5, 0.6) is 0 Å². The van der Waals surface area contributed by atoms with E-state index in [1.165, 1.54) is 0 Å². The number of hydrogen-bond acceptors (Lipinski definition) is 7. The number of anilines is 1. The van der Waals surface area contributed by atoms with Gasteiger partial charge in [-0.3, -0.25) is 4.98 Å². The van der Waals surface area contributed by atoms with Gasteiger partial charge in [0.25, 0.3) is 0 Å². The number of hydrogen-bond donors (Lipinski definition) is 4. The molecule has 0 radical (unpaired) electrons. The molecule has 4 N–H and O–H groups in total. The highest BCUT2D eigenvalue weighted by Gasteiger charge is 2.39. The van der Waals surface area contributed by atoms with E-state index in [1.54, 1.807) is 10.7 Å². The largest absolute Gasteiger partial charge is 0.490 e. The SMILES string of the molecule is O=C(NCc1ccccc1)N1CCCC1c1nnn2cc(NCc3cccnc3)ccc12.O=C(O)C(F)(F)F.O=C(O)C(F)(F)F. The Bertz CT molecular complexity index is 1580. The van der Waals surface area contributed by atoms with Gasteiger partial charge in [0.15, 0.2) is 0 Å². The molecule has 18 heteroatoms. The third-order valence-corrected chi connectivity index (χ3v) is 6.26. The minimum atomic E-state index is -5.08. The summed E-state index contributed by atoms with van der Waals surface area (Å²) >= 11 is 0. The van der Waals surface area contributed by atoms with E-state index >= 15 is 0 Å². The van der Waals surface area contributed by atoms with Crippen molar-refractivity contribution in [3.8, 4) is 0 Å². The highest BCUT2D eigenvalue weighted by atomic mass is 19.4. The molecule has 4 heterocycles. The summed E-state index contributed by atoms with van der Waals surface area (Å²) in [6.45, 7) is 1.91. The average Bonchev–Trinajstić information content (AvgIpc) is 3.66. The molecule has 12 nitrogen and oxygen atoms in total. The number of carboxylic acid groups (broad SMARTS) is 2. The van der Waals surface area contributed by atoms with Crippen LogP contribution in [0.4, 0.5) is 36.8 Å². The highest BCUT2D eigenvalue weighted by Crippen LogP contribution is 2.33. The van der Waals surface area contributed by atoms with Crippen LogP contribution in [0.3, 0.4) is 0 Å². The second kappa shape index (κ2) is 15.5. The molecule has 5 rings (SSSR count). The molecule has 1 saturated heterocycles. The molecule has 0 spiro atoms. The summed E-state index contributed by atoms with van der Waals surface area (Å²) in [6.07, 6.45) is -2.80. The maximum Gasteiger partial charge on any atom is 0.490 e. The summed E-state index contributed by atoms with van der Waals surface area (Å²) in [7, 11) is 0. The lowest BCUT2D eigenvalue weighted by molar-refractivity contribution is -0.193. The smallest absolute Gasteiger partial charge is 0.475 e. The highest BCUT2D eigenvalue weighted by molar-refractivity contribution is 5.76. The third-order valence-electron chi connectivity index (χ3n) is 6.26. The Hall–Kier alpha value is -5.42. The normalized spacial score (nSPS) is 14.4. The number of nitrogens with one attached hydrogen (secondary N) is 2. The summed E-state index contributed by atoms with van der Waals surface area (Å²) in [5, 5.41) is 29.4. The van der Waals surface area contributed by atoms with Gasteiger partial charge in [-0.1, -0.05) is 41.6 Å². The molecule has 0 aliphatic carbocycles. The van der Waals surface area contributed by atoms with Crippen molar-refractivity contribution in [3.05, 3.63) is 90.0 Å². The zero-order chi connectivity index (χ0) is 33.9. The first-order valence-electron chi connectivity index (χ1n) is 13.3. The van der Waals surface area contributed by atoms with E-state index in [9.17, 15) is 31.1 Å². The fourth-order valence-electron chi connectivity index (χ4n) is 4.13. The molecular weight excluding hydrogens is 628 g/mol. The quantitative estimate of drug-likeness (QED) is 0.208. The van der Waals surface area contributed by atoms with Gasteiger partial charge in [0.05, 0.1) is 23.4 Å². The van der Waals surface area contributed by atoms with E-state index in [-0.39, 0.29) is 12.1 Å². The van der Waals surface area contributed by atoms with E-state index < -0.39 is 24.3 Å². The minimum absolute atomic E-state index is 0.0627. The number of urea groups is 1. The van der Waals surface area contributed by atoms with E-state index in [0.29, 0.717) is 13.1 Å². The molecule has 1 aromatic carbocycles. The number of carbonyl (C=O) groups is 3. The van der Waals surface area contributed by atoms with Crippen LogP contribution in [0.2, 0.25) is 0 Å². The second-order valence-electron chi connectivity index (χ2n) is 9.54. The van der Waals surface area contributed by atoms with Crippen molar-refractivity contribution in [3.63, 3.8) is 0 Å². The molecule has 2 amide bonds. The summed E-state index contributed by atoms with van der Waals surface area (Å²) in [6, 6.07) is 17.8. The summed E-state index contributed by atoms with van der Waals surface area (Å²) in [5.41, 5.74) is 4.90. The monoisotopic (exact) mass is 655 g/mol. The zero-order valence-corrected chi connectivity index (χ0v) is 23.7. The number of aliphatic carboxylic acids is 2. The van der Waals surface area contributed by atoms with Gasteiger partial charge in [0, 0.05) is 32.0 Å². The maximum absolute atomic E-state index is 12.9. The van der Waals surface area contributed by atoms with Gasteiger partial charge in [-0.05, 0) is 42.2 Å². The standard InChI is InChI=1S/C24H25N7O.2C2HF3O2/c32-24(27-15-18-6-2-1-3-7-18)30-13-5-9-21(30)23-22-11-10-20(17-31(22)29-28-23)26-16-19-8-4-12-25-14-19;2*3-2(4,5)1(6)7/h1-4,6-8,10-12,14,17,21,26H,5,9,13,15-16H2,(H,27,32);2*(H,6,7). The Kier molecular flexibility index (Phi) is 11.8. The van der Waals surface area contributed by atoms with Crippen LogP contribution in [-0.4, -0.2) is 71.8 Å². The predicted octanol–water partition coefficient (Wildman–Crippen LogP) is 5.05. The molecule has 246 valence electrons. The number of benzene rings is 1. The van der Waals surface area contributed by atoms with Crippen LogP contribution < -0.4 is 10.6 Å². The van der Waals surface area contributed by atoms with Gasteiger partial charge >= 0.3 is 30.3 Å². The fourth-order valence-corrected chi connectivity index (χ4v) is 4.13. The zero-order valence-electron chi connectivity index (χ0n) is 23.7. The van der Waals surface area contributed by atoms with Gasteiger partial charge in [-0.2, -0.15) is 26.3 Å². The van der Waals surface area contributed by atoms with Crippen LogP contribution in [0.1, 0.15) is 35.7 Å². The lowest BCUT2D eigenvalue weighted by Crippen LogP contribution is -2.39. The van der Waals surface area contributed by atoms with Crippen molar-refractivity contribution in [1.29, 1.82) is 0 Å². The molecule has 1 atom stereocenters. The Morgan fingerprint density at radius 2 is 1.50 bits per heavy atom. The minimum Gasteiger partial charge on any atom is -0.475 e. The number of rotatable bonds is 6. The molecular formula is C28H27F6N7O5. The summed E-state index contributed by atoms with van der Waals surface area (Å²) in [4.78, 5) is 36.7. The molecule has 4 aromatic rings. The van der Waals surface area contributed by atoms with Crippen molar-refractivity contribution >= 4 is 29.2 Å². The molecule has 3 aromatic heterocycles. The Morgan fingerprint density at radius 3 is 2.09 bits per heavy atom. The number of nitrogens with zero attached hydrogens (tertiary/aromatic N) is 5. The van der Waals surface area contributed by atoms with Crippen LogP contribution >= 0.6 is 0 Å². The number of pyridine rings is 2. The van der Waals surface area contributed by atoms with Gasteiger partial charge in [-0.25, -0.2) is 18.9 Å². The van der Waals surface area contributed by atoms with Gasteiger partial charge in [-0.15, -0.1) is 5.10 Å². The first-order valence-corrected chi connectivity index (χ1v) is 13.3. The molecule has 1 aliphatic rings. The number of aromatic nitrogens is 4. The van der Waals surface area contributed by atoms with Crippen LogP contribution in [0.15, 0.2) is 73.2 Å². The second-order valence-corrected chi connectivity index (χ2v) is 9.54.